The van der Waals surface area contributed by atoms with E-state index in [9.17, 15) is 0 Å². The van der Waals surface area contributed by atoms with E-state index >= 15 is 0 Å². The first-order valence-electron chi connectivity index (χ1n) is 7.14. The number of rotatable bonds is 5. The zero-order valence-corrected chi connectivity index (χ0v) is 11.8. The molecule has 0 radical (unpaired) electrons. The fourth-order valence-corrected chi connectivity index (χ4v) is 2.51. The highest BCUT2D eigenvalue weighted by atomic mass is 16.5. The Labute approximate surface area is 119 Å². The first-order valence-corrected chi connectivity index (χ1v) is 7.14. The summed E-state index contributed by atoms with van der Waals surface area (Å²) in [5.41, 5.74) is 1.28. The molecule has 1 aliphatic heterocycles. The maximum atomic E-state index is 5.16. The number of ether oxygens (including phenoxy) is 1. The minimum Gasteiger partial charge on any atom is -0.497 e. The van der Waals surface area contributed by atoms with Crippen LogP contribution in [0.2, 0.25) is 0 Å². The van der Waals surface area contributed by atoms with Crippen molar-refractivity contribution in [1.29, 1.82) is 0 Å². The van der Waals surface area contributed by atoms with Gasteiger partial charge in [0.2, 0.25) is 5.95 Å². The molecule has 0 spiro atoms. The quantitative estimate of drug-likeness (QED) is 0.906. The van der Waals surface area contributed by atoms with Gasteiger partial charge in [-0.1, -0.05) is 12.1 Å². The number of hydrogen-bond acceptors (Lipinski definition) is 4. The lowest BCUT2D eigenvalue weighted by molar-refractivity contribution is 0.414. The Balaban J connectivity index is 1.57. The third-order valence-corrected chi connectivity index (χ3v) is 3.72. The molecule has 2 aromatic rings. The Morgan fingerprint density at radius 3 is 2.60 bits per heavy atom. The third kappa shape index (κ3) is 2.92. The SMILES string of the molecule is COc1ccc(CCc2nc(N3CCCC3)n[nH]2)cc1. The zero-order chi connectivity index (χ0) is 13.8. The summed E-state index contributed by atoms with van der Waals surface area (Å²) in [6.07, 6.45) is 4.33. The number of H-pyrrole nitrogens is 1. The number of methoxy groups -OCH3 is 1. The number of nitrogens with zero attached hydrogens (tertiary/aromatic N) is 3. The number of aryl methyl sites for hydroxylation is 2. The van der Waals surface area contributed by atoms with Gasteiger partial charge in [-0.05, 0) is 37.0 Å². The van der Waals surface area contributed by atoms with E-state index in [-0.39, 0.29) is 0 Å². The highest BCUT2D eigenvalue weighted by molar-refractivity contribution is 5.30. The number of aromatic amines is 1. The van der Waals surface area contributed by atoms with E-state index in [0.717, 1.165) is 43.5 Å². The van der Waals surface area contributed by atoms with Crippen molar-refractivity contribution < 1.29 is 4.74 Å². The standard InChI is InChI=1S/C15H20N4O/c1-20-13-7-4-12(5-8-13)6-9-14-16-15(18-17-14)19-10-2-3-11-19/h4-5,7-8H,2-3,6,9-11H2,1H3,(H,16,17,18). The molecule has 1 fully saturated rings. The van der Waals surface area contributed by atoms with Gasteiger partial charge >= 0.3 is 0 Å². The van der Waals surface area contributed by atoms with Crippen molar-refractivity contribution in [3.63, 3.8) is 0 Å². The maximum absolute atomic E-state index is 5.16. The van der Waals surface area contributed by atoms with Crippen molar-refractivity contribution >= 4 is 5.95 Å². The first kappa shape index (κ1) is 13.0. The molecule has 106 valence electrons. The van der Waals surface area contributed by atoms with Gasteiger partial charge < -0.3 is 9.64 Å². The van der Waals surface area contributed by atoms with Crippen LogP contribution in [-0.2, 0) is 12.8 Å². The summed E-state index contributed by atoms with van der Waals surface area (Å²) in [5, 5.41) is 7.36. The number of benzene rings is 1. The average Bonchev–Trinajstić information content (AvgIpc) is 3.16. The summed E-state index contributed by atoms with van der Waals surface area (Å²) in [7, 11) is 1.68. The lowest BCUT2D eigenvalue weighted by Crippen LogP contribution is -2.18. The van der Waals surface area contributed by atoms with E-state index in [4.69, 9.17) is 4.74 Å². The molecule has 0 saturated carbocycles. The molecule has 20 heavy (non-hydrogen) atoms. The largest absolute Gasteiger partial charge is 0.497 e. The fraction of sp³-hybridized carbons (Fsp3) is 0.467. The van der Waals surface area contributed by atoms with Gasteiger partial charge in [-0.15, -0.1) is 5.10 Å². The van der Waals surface area contributed by atoms with Gasteiger partial charge in [0.1, 0.15) is 11.6 Å². The van der Waals surface area contributed by atoms with Crippen molar-refractivity contribution in [1.82, 2.24) is 15.2 Å². The van der Waals surface area contributed by atoms with Crippen LogP contribution in [0.1, 0.15) is 24.2 Å². The second kappa shape index (κ2) is 5.94. The summed E-state index contributed by atoms with van der Waals surface area (Å²) in [6.45, 7) is 2.16. The molecule has 0 atom stereocenters. The molecule has 5 nitrogen and oxygen atoms in total. The summed E-state index contributed by atoms with van der Waals surface area (Å²) < 4.78 is 5.16. The monoisotopic (exact) mass is 272 g/mol. The Morgan fingerprint density at radius 2 is 1.90 bits per heavy atom. The van der Waals surface area contributed by atoms with Crippen molar-refractivity contribution in [3.8, 4) is 5.75 Å². The van der Waals surface area contributed by atoms with E-state index in [2.05, 4.69) is 32.2 Å². The third-order valence-electron chi connectivity index (χ3n) is 3.72. The van der Waals surface area contributed by atoms with E-state index < -0.39 is 0 Å². The van der Waals surface area contributed by atoms with E-state index in [1.165, 1.54) is 18.4 Å². The summed E-state index contributed by atoms with van der Waals surface area (Å²) in [4.78, 5) is 6.82. The highest BCUT2D eigenvalue weighted by Crippen LogP contribution is 2.16. The molecule has 0 unspecified atom stereocenters. The Hall–Kier alpha value is -2.04. The average molecular weight is 272 g/mol. The van der Waals surface area contributed by atoms with Gasteiger partial charge in [-0.25, -0.2) is 0 Å². The Morgan fingerprint density at radius 1 is 1.15 bits per heavy atom. The summed E-state index contributed by atoms with van der Waals surface area (Å²) in [5.74, 6) is 2.71. The van der Waals surface area contributed by atoms with Gasteiger partial charge in [-0.2, -0.15) is 4.98 Å². The van der Waals surface area contributed by atoms with E-state index in [1.54, 1.807) is 7.11 Å². The van der Waals surface area contributed by atoms with Crippen molar-refractivity contribution in [2.75, 3.05) is 25.1 Å². The van der Waals surface area contributed by atoms with Gasteiger partial charge in [0.05, 0.1) is 7.11 Å². The van der Waals surface area contributed by atoms with Crippen molar-refractivity contribution in [2.24, 2.45) is 0 Å². The van der Waals surface area contributed by atoms with Gasteiger partial charge in [0.25, 0.3) is 0 Å². The predicted octanol–water partition coefficient (Wildman–Crippen LogP) is 2.20. The lowest BCUT2D eigenvalue weighted by Gasteiger charge is -2.10. The minimum absolute atomic E-state index is 0.854. The topological polar surface area (TPSA) is 54.0 Å². The normalized spacial score (nSPS) is 14.8. The number of hydrogen-bond donors (Lipinski definition) is 1. The fourth-order valence-electron chi connectivity index (χ4n) is 2.51. The number of aromatic nitrogens is 3. The van der Waals surface area contributed by atoms with Crippen LogP contribution in [0.3, 0.4) is 0 Å². The van der Waals surface area contributed by atoms with Gasteiger partial charge in [0.15, 0.2) is 0 Å². The smallest absolute Gasteiger partial charge is 0.244 e. The van der Waals surface area contributed by atoms with E-state index in [0.29, 0.717) is 0 Å². The van der Waals surface area contributed by atoms with Crippen LogP contribution in [0.5, 0.6) is 5.75 Å². The summed E-state index contributed by atoms with van der Waals surface area (Å²) in [6, 6.07) is 8.17. The highest BCUT2D eigenvalue weighted by Gasteiger charge is 2.16. The van der Waals surface area contributed by atoms with Crippen LogP contribution in [0, 0.1) is 0 Å². The minimum atomic E-state index is 0.854. The molecule has 5 heteroatoms. The second-order valence-electron chi connectivity index (χ2n) is 5.12. The molecule has 0 bridgehead atoms. The van der Waals surface area contributed by atoms with Crippen LogP contribution in [0.15, 0.2) is 24.3 Å². The molecule has 1 aromatic heterocycles. The molecule has 3 rings (SSSR count). The molecule has 1 aliphatic rings. The first-order chi connectivity index (χ1) is 9.85. The predicted molar refractivity (Wildman–Crippen MR) is 78.2 cm³/mol. The Bertz CT molecular complexity index is 543. The molecular weight excluding hydrogens is 252 g/mol. The van der Waals surface area contributed by atoms with Crippen molar-refractivity contribution in [2.45, 2.75) is 25.7 Å². The van der Waals surface area contributed by atoms with Gasteiger partial charge in [-0.3, -0.25) is 5.10 Å². The van der Waals surface area contributed by atoms with Crippen LogP contribution >= 0.6 is 0 Å². The maximum Gasteiger partial charge on any atom is 0.244 e. The number of anilines is 1. The van der Waals surface area contributed by atoms with E-state index in [1.807, 2.05) is 12.1 Å². The molecule has 1 saturated heterocycles. The molecule has 0 aliphatic carbocycles. The lowest BCUT2D eigenvalue weighted by atomic mass is 10.1. The van der Waals surface area contributed by atoms with Crippen molar-refractivity contribution in [3.05, 3.63) is 35.7 Å². The molecule has 0 amide bonds. The second-order valence-corrected chi connectivity index (χ2v) is 5.12. The number of nitrogens with one attached hydrogen (secondary N) is 1. The molecule has 2 heterocycles. The van der Waals surface area contributed by atoms with Crippen LogP contribution in [0.25, 0.3) is 0 Å². The molecule has 1 aromatic carbocycles. The van der Waals surface area contributed by atoms with Crippen LogP contribution < -0.4 is 9.64 Å². The zero-order valence-electron chi connectivity index (χ0n) is 11.8. The van der Waals surface area contributed by atoms with Gasteiger partial charge in [0, 0.05) is 19.5 Å². The summed E-state index contributed by atoms with van der Waals surface area (Å²) >= 11 is 0. The Kier molecular flexibility index (Phi) is 3.85. The molecule has 1 N–H and O–H groups in total. The molecular formula is C15H20N4O. The van der Waals surface area contributed by atoms with Crippen LogP contribution in [0.4, 0.5) is 5.95 Å². The van der Waals surface area contributed by atoms with Crippen LogP contribution in [-0.4, -0.2) is 35.4 Å².